The molecule has 394 valence electrons. The first-order valence-electron chi connectivity index (χ1n) is 25.3. The van der Waals surface area contributed by atoms with Gasteiger partial charge in [0.05, 0.1) is 49.8 Å². The average molecular weight is 1100 g/mol. The molecule has 6 unspecified atom stereocenters. The third-order valence-electron chi connectivity index (χ3n) is 15.2. The number of carbonyl (C=O) groups excluding carboxylic acids is 4. The molecule has 4 bridgehead atoms. The Kier molecular flexibility index (Phi) is 15.7. The number of fused-ring (bicyclic) bond motifs is 8. The molecular formula is C60H62N4O8S4. The van der Waals surface area contributed by atoms with Crippen LogP contribution in [0.15, 0.2) is 158 Å². The molecule has 12 rings (SSSR count). The maximum atomic E-state index is 14.9. The molecular weight excluding hydrogens is 1030 g/mol. The van der Waals surface area contributed by atoms with Crippen molar-refractivity contribution in [2.24, 2.45) is 0 Å². The van der Waals surface area contributed by atoms with Gasteiger partial charge in [-0.05, 0) is 81.6 Å². The van der Waals surface area contributed by atoms with E-state index in [-0.39, 0.29) is 46.0 Å². The number of ether oxygens (including phenoxy) is 4. The minimum Gasteiger partial charge on any atom is -0.497 e. The van der Waals surface area contributed by atoms with Crippen molar-refractivity contribution in [3.63, 3.8) is 0 Å². The molecule has 16 heteroatoms. The molecule has 12 nitrogen and oxygen atoms in total. The summed E-state index contributed by atoms with van der Waals surface area (Å²) in [6.07, 6.45) is 2.19. The van der Waals surface area contributed by atoms with Crippen molar-refractivity contribution in [2.45, 2.75) is 67.5 Å². The third-order valence-corrected chi connectivity index (χ3v) is 22.1. The molecule has 0 N–H and O–H groups in total. The summed E-state index contributed by atoms with van der Waals surface area (Å²) < 4.78 is 23.0. The Morgan fingerprint density at radius 2 is 0.684 bits per heavy atom. The van der Waals surface area contributed by atoms with E-state index in [4.69, 9.17) is 18.9 Å². The highest BCUT2D eigenvalue weighted by molar-refractivity contribution is 8.19. The zero-order chi connectivity index (χ0) is 53.2. The van der Waals surface area contributed by atoms with Crippen LogP contribution in [0.25, 0.3) is 0 Å². The first kappa shape index (κ1) is 53.5. The normalized spacial score (nSPS) is 25.2. The molecule has 76 heavy (non-hydrogen) atoms. The van der Waals surface area contributed by atoms with E-state index in [9.17, 15) is 19.2 Å². The summed E-state index contributed by atoms with van der Waals surface area (Å²) in [5.74, 6) is 0.858. The van der Waals surface area contributed by atoms with Gasteiger partial charge in [0.2, 0.25) is 0 Å². The highest BCUT2D eigenvalue weighted by Gasteiger charge is 2.68. The number of hydrogen-bond donors (Lipinski definition) is 0. The maximum absolute atomic E-state index is 14.9. The Morgan fingerprint density at radius 1 is 0.382 bits per heavy atom. The van der Waals surface area contributed by atoms with E-state index in [2.05, 4.69) is 48.5 Å². The largest absolute Gasteiger partial charge is 0.497 e. The number of rotatable bonds is 19. The number of amides is 4. The smallest absolute Gasteiger partial charge is 0.262 e. The van der Waals surface area contributed by atoms with Crippen LogP contribution in [0.4, 0.5) is 0 Å². The van der Waals surface area contributed by atoms with Gasteiger partial charge in [0, 0.05) is 41.0 Å². The molecule has 0 radical (unpaired) electrons. The predicted molar refractivity (Wildman–Crippen MR) is 304 cm³/mol. The molecule has 6 aromatic carbocycles. The Labute approximate surface area is 462 Å². The summed E-state index contributed by atoms with van der Waals surface area (Å²) >= 11 is 5.96. The van der Waals surface area contributed by atoms with E-state index in [0.717, 1.165) is 68.8 Å². The number of piperazine rings is 2. The number of thioether (sulfide) groups is 4. The van der Waals surface area contributed by atoms with E-state index >= 15 is 0 Å². The number of aryl methyl sites for hydroxylation is 2. The number of nitrogens with zero attached hydrogens (tertiary/aromatic N) is 4. The molecule has 4 amide bonds. The van der Waals surface area contributed by atoms with Gasteiger partial charge < -0.3 is 38.5 Å². The van der Waals surface area contributed by atoms with Crippen molar-refractivity contribution in [3.8, 4) is 11.5 Å². The molecule has 0 aromatic heterocycles. The van der Waals surface area contributed by atoms with Crippen molar-refractivity contribution < 1.29 is 38.1 Å². The van der Waals surface area contributed by atoms with Crippen molar-refractivity contribution in [1.82, 2.24) is 19.6 Å². The average Bonchev–Trinajstić information content (AvgIpc) is 3.72. The van der Waals surface area contributed by atoms with Gasteiger partial charge in [-0.25, -0.2) is 0 Å². The van der Waals surface area contributed by atoms with Gasteiger partial charge in [-0.1, -0.05) is 133 Å². The van der Waals surface area contributed by atoms with E-state index in [1.807, 2.05) is 109 Å². The lowest BCUT2D eigenvalue weighted by atomic mass is 9.95. The minimum absolute atomic E-state index is 0.0339. The Morgan fingerprint density at radius 3 is 1.03 bits per heavy atom. The SMILES string of the molecule is COc1ccc(C2SC3(COCc4ccccc4)C(=O)N(C)C(Cc4ccc(CCc5ccc(CC67SC(c8ccc(OC)cc8)SC(COCc8ccccc8)(C(=O)N6C)N(C)C7=O)cc5)cc4)(S2)C(=O)N3C)cc1. The van der Waals surface area contributed by atoms with E-state index < -0.39 is 19.5 Å². The van der Waals surface area contributed by atoms with Crippen LogP contribution in [0.1, 0.15) is 53.7 Å². The maximum Gasteiger partial charge on any atom is 0.262 e. The summed E-state index contributed by atoms with van der Waals surface area (Å²) in [6, 6.07) is 52.1. The highest BCUT2D eigenvalue weighted by atomic mass is 32.2. The fraction of sp³-hybridized carbons (Fsp3) is 0.333. The first-order valence-corrected chi connectivity index (χ1v) is 28.8. The summed E-state index contributed by atoms with van der Waals surface area (Å²) in [7, 11) is 10.3. The Balaban J connectivity index is 0.838. The summed E-state index contributed by atoms with van der Waals surface area (Å²) in [5, 5.41) is 0. The van der Waals surface area contributed by atoms with Gasteiger partial charge in [0.15, 0.2) is 19.5 Å². The number of likely N-dealkylation sites (N-methyl/N-ethyl adjacent to an activating group) is 4. The van der Waals surface area contributed by atoms with E-state index in [0.29, 0.717) is 26.1 Å². The Hall–Kier alpha value is -5.88. The minimum atomic E-state index is -1.28. The topological polar surface area (TPSA) is 118 Å². The first-order chi connectivity index (χ1) is 36.7. The van der Waals surface area contributed by atoms with E-state index in [1.54, 1.807) is 62.0 Å². The van der Waals surface area contributed by atoms with Crippen LogP contribution in [0.5, 0.6) is 11.5 Å². The lowest BCUT2D eigenvalue weighted by molar-refractivity contribution is -0.166. The van der Waals surface area contributed by atoms with Crippen LogP contribution in [0, 0.1) is 0 Å². The molecule has 6 saturated heterocycles. The molecule has 6 aliphatic heterocycles. The van der Waals surface area contributed by atoms with Crippen LogP contribution in [0.2, 0.25) is 0 Å². The van der Waals surface area contributed by atoms with Gasteiger partial charge in [-0.2, -0.15) is 0 Å². The number of carbonyl (C=O) groups is 4. The van der Waals surface area contributed by atoms with Crippen LogP contribution < -0.4 is 9.47 Å². The third kappa shape index (κ3) is 10.0. The molecule has 0 spiro atoms. The van der Waals surface area contributed by atoms with Gasteiger partial charge >= 0.3 is 0 Å². The number of benzene rings is 6. The number of hydrogen-bond acceptors (Lipinski definition) is 12. The van der Waals surface area contributed by atoms with Crippen LogP contribution in [-0.4, -0.2) is 118 Å². The van der Waals surface area contributed by atoms with Crippen LogP contribution >= 0.6 is 47.0 Å². The predicted octanol–water partition coefficient (Wildman–Crippen LogP) is 10.0. The van der Waals surface area contributed by atoms with E-state index in [1.165, 1.54) is 47.0 Å². The van der Waals surface area contributed by atoms with Crippen molar-refractivity contribution in [1.29, 1.82) is 0 Å². The molecule has 0 aliphatic carbocycles. The lowest BCUT2D eigenvalue weighted by Crippen LogP contribution is -2.73. The monoisotopic (exact) mass is 1090 g/mol. The molecule has 6 heterocycles. The molecule has 6 atom stereocenters. The highest BCUT2D eigenvalue weighted by Crippen LogP contribution is 2.63. The molecule has 6 aromatic rings. The zero-order valence-electron chi connectivity index (χ0n) is 43.5. The van der Waals surface area contributed by atoms with Gasteiger partial charge in [0.25, 0.3) is 23.6 Å². The lowest BCUT2D eigenvalue weighted by Gasteiger charge is -2.51. The second-order valence-electron chi connectivity index (χ2n) is 19.7. The van der Waals surface area contributed by atoms with Gasteiger partial charge in [0.1, 0.15) is 11.5 Å². The quantitative estimate of drug-likeness (QED) is 0.0769. The number of methoxy groups -OCH3 is 2. The fourth-order valence-corrected chi connectivity index (χ4v) is 18.1. The standard InChI is InChI=1S/C60H62N4O8S4/c1-61-55(67)59(39-71-37-45-13-9-7-10-14-45)63(3)53(65)57(61,73-51(75-59)47-27-31-49(69-5)32-28-47)35-43-23-19-41(20-24-43)17-18-42-21-25-44(26-22-42)36-58-54(66)64(4)60(56(68)62(58)2,40-72-38-46-15-11-8-12-16-46)76-52(74-58)48-29-33-50(70-6)34-30-48/h7-16,19-34,51-52H,17-18,35-40H2,1-6H3. The zero-order valence-corrected chi connectivity index (χ0v) is 46.8. The van der Waals surface area contributed by atoms with Crippen molar-refractivity contribution in [3.05, 3.63) is 202 Å². The summed E-state index contributed by atoms with van der Waals surface area (Å²) in [5.41, 5.74) is 8.10. The summed E-state index contributed by atoms with van der Waals surface area (Å²) in [6.45, 7) is 0.692. The molecule has 6 fully saturated rings. The summed E-state index contributed by atoms with van der Waals surface area (Å²) in [4.78, 5) is 61.1. The van der Waals surface area contributed by atoms with Crippen molar-refractivity contribution in [2.75, 3.05) is 55.6 Å². The molecule has 6 aliphatic rings. The van der Waals surface area contributed by atoms with Gasteiger partial charge in [-0.15, -0.1) is 47.0 Å². The van der Waals surface area contributed by atoms with Crippen LogP contribution in [-0.2, 0) is 67.5 Å². The van der Waals surface area contributed by atoms with Crippen LogP contribution in [0.3, 0.4) is 0 Å². The van der Waals surface area contributed by atoms with Gasteiger partial charge in [-0.3, -0.25) is 19.2 Å². The second-order valence-corrected chi connectivity index (χ2v) is 25.8. The molecule has 0 saturated carbocycles. The second kappa shape index (κ2) is 22.2. The fourth-order valence-electron chi connectivity index (χ4n) is 10.5. The van der Waals surface area contributed by atoms with Crippen molar-refractivity contribution >= 4 is 70.7 Å². The Bertz CT molecular complexity index is 2840.